The van der Waals surface area contributed by atoms with Crippen LogP contribution in [0, 0.1) is 87.3 Å². The molecule has 6 aromatic carbocycles. The molecule has 1 aliphatic carbocycles. The Bertz CT molecular complexity index is 2620. The van der Waals surface area contributed by atoms with Gasteiger partial charge >= 0.3 is 0 Å². The number of benzene rings is 6. The maximum absolute atomic E-state index is 20.3. The molecular weight excluding hydrogens is 895 g/mol. The zero-order chi connectivity index (χ0) is 46.5. The normalized spacial score (nSPS) is 21.6. The molecule has 1 aliphatic rings. The van der Waals surface area contributed by atoms with Gasteiger partial charge in [-0.05, 0) is 16.4 Å². The van der Waals surface area contributed by atoms with Gasteiger partial charge in [0, 0.05) is 0 Å². The second-order valence-corrected chi connectivity index (χ2v) is 14.1. The Labute approximate surface area is 339 Å². The molecule has 0 N–H and O–H groups in total. The smallest absolute Gasteiger partial charge is 0.209 e. The van der Waals surface area contributed by atoms with Crippen molar-refractivity contribution in [2.24, 2.45) is 0 Å². The molecule has 4 atom stereocenters. The molecule has 0 heterocycles. The fraction of sp³-hybridized carbons (Fsp3) is 0.0952. The number of allylic oxidation sites excluding steroid dienone is 2. The van der Waals surface area contributed by atoms with E-state index in [1.165, 1.54) is 0 Å². The predicted molar refractivity (Wildman–Crippen MR) is 184 cm³/mol. The van der Waals surface area contributed by atoms with Crippen LogP contribution >= 0.6 is 0 Å². The van der Waals surface area contributed by atoms with Gasteiger partial charge < -0.3 is 0 Å². The average Bonchev–Trinajstić information content (AvgIpc) is 3.29. The zero-order valence-electron chi connectivity index (χ0n) is 30.4. The minimum absolute atomic E-state index is 0.0781. The Morgan fingerprint density at radius 3 is 0.889 bits per heavy atom. The Morgan fingerprint density at radius 2 is 0.587 bits per heavy atom. The first kappa shape index (κ1) is 44.8. The zero-order valence-corrected chi connectivity index (χ0v) is 30.4. The summed E-state index contributed by atoms with van der Waals surface area (Å²) in [6.07, 6.45) is -12.2. The van der Waals surface area contributed by atoms with Crippen LogP contribution in [-0.2, 0) is 16.7 Å². The SMILES string of the molecule is FC1=C(F)C(c2ccccc2)([B-](c2c(F)c(F)c(F)c(F)c2F)(c2c(F)c(F)c(F)c(F)c2F)c2c(F)c(F)c(F)c(F)c2F)C(F)(c2ccccc2)C(F)(c2ccccc2)C1F. The third-order valence-corrected chi connectivity index (χ3v) is 11.4. The molecule has 0 radical (unpaired) electrons. The molecule has 0 aliphatic heterocycles. The first-order chi connectivity index (χ1) is 29.6. The standard InChI is InChI=1S/C42H16BF20/c44-22-19(23(45)29(51)34(56)28(22)50)43(20-24(46)30(52)35(57)31(53)25(20)47,21-26(48)32(54)36(58)33(55)27(21)49)40(16-10-4-1-5-11-16)38(60)37(59)39(61)41(62,17-12-6-2-7-13-17)42(40,63)18-14-8-3-9-15-18/h1-15,39H/q-1. The minimum Gasteiger partial charge on any atom is -0.237 e. The van der Waals surface area contributed by atoms with E-state index in [9.17, 15) is 13.2 Å². The van der Waals surface area contributed by atoms with Gasteiger partial charge in [-0.25, -0.2) is 87.8 Å². The Balaban J connectivity index is 2.09. The van der Waals surface area contributed by atoms with Crippen molar-refractivity contribution in [3.05, 3.63) is 207 Å². The summed E-state index contributed by atoms with van der Waals surface area (Å²) in [6, 6.07) is 7.55. The van der Waals surface area contributed by atoms with E-state index in [1.807, 2.05) is 0 Å². The summed E-state index contributed by atoms with van der Waals surface area (Å²) in [5.74, 6) is -61.1. The van der Waals surface area contributed by atoms with Crippen molar-refractivity contribution in [3.8, 4) is 0 Å². The van der Waals surface area contributed by atoms with E-state index in [1.54, 1.807) is 0 Å². The third-order valence-electron chi connectivity index (χ3n) is 11.4. The lowest BCUT2D eigenvalue weighted by atomic mass is 9.02. The van der Waals surface area contributed by atoms with Crippen molar-refractivity contribution < 1.29 is 87.8 Å². The van der Waals surface area contributed by atoms with Crippen molar-refractivity contribution in [3.63, 3.8) is 0 Å². The van der Waals surface area contributed by atoms with Crippen molar-refractivity contribution in [2.75, 3.05) is 0 Å². The van der Waals surface area contributed by atoms with Crippen LogP contribution in [0.5, 0.6) is 0 Å². The predicted octanol–water partition coefficient (Wildman–Crippen LogP) is 11.0. The number of hydrogen-bond donors (Lipinski definition) is 0. The average molecular weight is 911 g/mol. The summed E-state index contributed by atoms with van der Waals surface area (Å²) in [5, 5.41) is -5.80. The number of halogens is 20. The monoisotopic (exact) mass is 911 g/mol. The number of alkyl halides is 3. The summed E-state index contributed by atoms with van der Waals surface area (Å²) in [7, 11) is 0. The fourth-order valence-corrected chi connectivity index (χ4v) is 9.07. The summed E-state index contributed by atoms with van der Waals surface area (Å²) < 4.78 is 333. The van der Waals surface area contributed by atoms with Gasteiger partial charge in [-0.15, -0.1) is 16.4 Å². The maximum atomic E-state index is 20.3. The van der Waals surface area contributed by atoms with Crippen molar-refractivity contribution >= 4 is 22.5 Å². The van der Waals surface area contributed by atoms with E-state index in [2.05, 4.69) is 0 Å². The Kier molecular flexibility index (Phi) is 10.8. The molecule has 21 heteroatoms. The third kappa shape index (κ3) is 5.39. The van der Waals surface area contributed by atoms with Crippen LogP contribution in [0.2, 0.25) is 0 Å². The van der Waals surface area contributed by atoms with Crippen LogP contribution in [0.1, 0.15) is 16.7 Å². The first-order valence-electron chi connectivity index (χ1n) is 17.5. The molecule has 6 aromatic rings. The van der Waals surface area contributed by atoms with Crippen molar-refractivity contribution in [1.29, 1.82) is 0 Å². The largest absolute Gasteiger partial charge is 0.237 e. The van der Waals surface area contributed by atoms with Gasteiger partial charge in [-0.3, -0.25) is 0 Å². The molecule has 0 spiro atoms. The molecule has 0 saturated carbocycles. The van der Waals surface area contributed by atoms with Crippen LogP contribution in [-0.4, -0.2) is 12.3 Å². The van der Waals surface area contributed by atoms with Crippen molar-refractivity contribution in [2.45, 2.75) is 22.8 Å². The number of hydrogen-bond acceptors (Lipinski definition) is 0. The van der Waals surface area contributed by atoms with E-state index in [4.69, 9.17) is 0 Å². The second kappa shape index (κ2) is 15.2. The molecular formula is C42H16BF20-. The molecule has 4 unspecified atom stereocenters. The molecule has 7 rings (SSSR count). The van der Waals surface area contributed by atoms with Gasteiger partial charge in [0.15, 0.2) is 70.0 Å². The minimum atomic E-state index is -7.67. The highest BCUT2D eigenvalue weighted by molar-refractivity contribution is 7.14. The lowest BCUT2D eigenvalue weighted by Crippen LogP contribution is -2.88. The van der Waals surface area contributed by atoms with Gasteiger partial charge in [0.1, 0.15) is 46.9 Å². The van der Waals surface area contributed by atoms with E-state index >= 15 is 74.6 Å². The van der Waals surface area contributed by atoms with Crippen LogP contribution < -0.4 is 16.4 Å². The summed E-state index contributed by atoms with van der Waals surface area (Å²) in [6.45, 7) is 0. The van der Waals surface area contributed by atoms with Gasteiger partial charge in [0.2, 0.25) is 5.67 Å². The number of rotatable bonds is 7. The molecule has 63 heavy (non-hydrogen) atoms. The second-order valence-electron chi connectivity index (χ2n) is 14.1. The topological polar surface area (TPSA) is 0 Å². The molecule has 0 nitrogen and oxygen atoms in total. The van der Waals surface area contributed by atoms with Gasteiger partial charge in [-0.2, -0.15) is 0 Å². The first-order valence-corrected chi connectivity index (χ1v) is 17.5. The van der Waals surface area contributed by atoms with Crippen molar-refractivity contribution in [1.82, 2.24) is 0 Å². The highest BCUT2D eigenvalue weighted by Gasteiger charge is 2.80. The van der Waals surface area contributed by atoms with Gasteiger partial charge in [0.05, 0.1) is 0 Å². The summed E-state index contributed by atoms with van der Waals surface area (Å²) >= 11 is 0. The van der Waals surface area contributed by atoms with Crippen LogP contribution in [0.15, 0.2) is 103 Å². The van der Waals surface area contributed by atoms with Gasteiger partial charge in [0.25, 0.3) is 0 Å². The highest BCUT2D eigenvalue weighted by Crippen LogP contribution is 2.69. The lowest BCUT2D eigenvalue weighted by Gasteiger charge is -2.67. The Morgan fingerprint density at radius 1 is 0.333 bits per heavy atom. The van der Waals surface area contributed by atoms with E-state index in [0.29, 0.717) is 48.5 Å². The van der Waals surface area contributed by atoms with Gasteiger partial charge in [-0.1, -0.05) is 96.6 Å². The molecule has 328 valence electrons. The Hall–Kier alpha value is -6.28. The van der Waals surface area contributed by atoms with E-state index < -0.39 is 161 Å². The fourth-order valence-electron chi connectivity index (χ4n) is 9.07. The molecule has 0 bridgehead atoms. The van der Waals surface area contributed by atoms with Crippen LogP contribution in [0.3, 0.4) is 0 Å². The van der Waals surface area contributed by atoms with E-state index in [0.717, 1.165) is 18.2 Å². The molecule has 0 amide bonds. The maximum Gasteiger partial charge on any atom is 0.209 e. The lowest BCUT2D eigenvalue weighted by molar-refractivity contribution is -0.136. The van der Waals surface area contributed by atoms with E-state index in [-0.39, 0.29) is 24.3 Å². The molecule has 0 fully saturated rings. The molecule has 0 aromatic heterocycles. The molecule has 0 saturated heterocycles. The quantitative estimate of drug-likeness (QED) is 0.0648. The highest BCUT2D eigenvalue weighted by atomic mass is 19.2. The van der Waals surface area contributed by atoms with Crippen LogP contribution in [0.4, 0.5) is 87.8 Å². The van der Waals surface area contributed by atoms with Crippen LogP contribution in [0.25, 0.3) is 0 Å². The summed E-state index contributed by atoms with van der Waals surface area (Å²) in [5.41, 5.74) is -27.4. The summed E-state index contributed by atoms with van der Waals surface area (Å²) in [4.78, 5) is 0.